The maximum atomic E-state index is 12.0. The van der Waals surface area contributed by atoms with Crippen molar-refractivity contribution in [3.8, 4) is 5.75 Å². The molecular formula is C27H35ClN2O4. The highest BCUT2D eigenvalue weighted by Crippen LogP contribution is 2.45. The summed E-state index contributed by atoms with van der Waals surface area (Å²) in [5.41, 5.74) is 2.34. The Kier molecular flexibility index (Phi) is 8.84. The summed E-state index contributed by atoms with van der Waals surface area (Å²) in [7, 11) is 0. The highest BCUT2D eigenvalue weighted by molar-refractivity contribution is 6.30. The van der Waals surface area contributed by atoms with E-state index in [-0.39, 0.29) is 5.97 Å². The Balaban J connectivity index is 1.12. The van der Waals surface area contributed by atoms with Crippen LogP contribution in [0.15, 0.2) is 48.5 Å². The van der Waals surface area contributed by atoms with Crippen LogP contribution in [0.3, 0.4) is 0 Å². The summed E-state index contributed by atoms with van der Waals surface area (Å²) in [4.78, 5) is 14.6. The topological polar surface area (TPSA) is 60.0 Å². The number of carbonyl (C=O) groups is 1. The second-order valence-electron chi connectivity index (χ2n) is 9.02. The van der Waals surface area contributed by atoms with E-state index in [1.165, 1.54) is 5.56 Å². The van der Waals surface area contributed by atoms with E-state index in [1.807, 2.05) is 43.3 Å². The van der Waals surface area contributed by atoms with Gasteiger partial charge >= 0.3 is 5.97 Å². The SMILES string of the molecule is CCOC(=O)[C@@H](Cc1ccc(OCCN[C@H]2C3CN(Cc4ccc(Cl)cc4)C[C@@H]32)cc1)OCC. The zero-order valence-electron chi connectivity index (χ0n) is 20.0. The van der Waals surface area contributed by atoms with E-state index >= 15 is 0 Å². The van der Waals surface area contributed by atoms with E-state index in [2.05, 4.69) is 22.3 Å². The third-order valence-corrected chi connectivity index (χ3v) is 6.85. The summed E-state index contributed by atoms with van der Waals surface area (Å²) in [6.07, 6.45) is -0.0744. The quantitative estimate of drug-likeness (QED) is 0.342. The first-order valence-electron chi connectivity index (χ1n) is 12.3. The maximum absolute atomic E-state index is 12.0. The average Bonchev–Trinajstić information content (AvgIpc) is 3.28. The van der Waals surface area contributed by atoms with E-state index < -0.39 is 6.10 Å². The molecule has 0 spiro atoms. The number of rotatable bonds is 13. The molecule has 2 aromatic rings. The lowest BCUT2D eigenvalue weighted by Gasteiger charge is -2.20. The summed E-state index contributed by atoms with van der Waals surface area (Å²) >= 11 is 5.98. The van der Waals surface area contributed by atoms with Crippen molar-refractivity contribution in [1.29, 1.82) is 0 Å². The number of hydrogen-bond donors (Lipinski definition) is 1. The highest BCUT2D eigenvalue weighted by Gasteiger charge is 2.55. The molecule has 4 rings (SSSR count). The van der Waals surface area contributed by atoms with Crippen LogP contribution in [0.4, 0.5) is 0 Å². The van der Waals surface area contributed by atoms with E-state index in [0.717, 1.165) is 54.4 Å². The van der Waals surface area contributed by atoms with Gasteiger partial charge in [0.2, 0.25) is 0 Å². The number of piperidine rings is 1. The van der Waals surface area contributed by atoms with Crippen molar-refractivity contribution < 1.29 is 19.0 Å². The Labute approximate surface area is 207 Å². The molecule has 1 aliphatic carbocycles. The number of nitrogens with one attached hydrogen (secondary N) is 1. The van der Waals surface area contributed by atoms with Crippen LogP contribution < -0.4 is 10.1 Å². The summed E-state index contributed by atoms with van der Waals surface area (Å²) in [6, 6.07) is 16.6. The largest absolute Gasteiger partial charge is 0.492 e. The lowest BCUT2D eigenvalue weighted by molar-refractivity contribution is -0.156. The smallest absolute Gasteiger partial charge is 0.335 e. The molecule has 0 amide bonds. The van der Waals surface area contributed by atoms with Crippen LogP contribution >= 0.6 is 11.6 Å². The van der Waals surface area contributed by atoms with Gasteiger partial charge in [-0.3, -0.25) is 4.90 Å². The minimum absolute atomic E-state index is 0.311. The summed E-state index contributed by atoms with van der Waals surface area (Å²) in [5, 5.41) is 4.45. The van der Waals surface area contributed by atoms with E-state index in [0.29, 0.717) is 32.3 Å². The van der Waals surface area contributed by atoms with Gasteiger partial charge in [-0.05, 0) is 61.1 Å². The zero-order chi connectivity index (χ0) is 23.9. The number of carbonyl (C=O) groups excluding carboxylic acids is 1. The number of benzene rings is 2. The molecule has 6 nitrogen and oxygen atoms in total. The first-order chi connectivity index (χ1) is 16.6. The minimum atomic E-state index is -0.568. The molecule has 4 atom stereocenters. The number of halogens is 1. The molecule has 2 fully saturated rings. The molecule has 0 bridgehead atoms. The van der Waals surface area contributed by atoms with Gasteiger partial charge in [0.1, 0.15) is 12.4 Å². The summed E-state index contributed by atoms with van der Waals surface area (Å²) in [6.45, 7) is 9.29. The third-order valence-electron chi connectivity index (χ3n) is 6.60. The Morgan fingerprint density at radius 3 is 2.35 bits per heavy atom. The van der Waals surface area contributed by atoms with Crippen LogP contribution in [0, 0.1) is 11.8 Å². The molecule has 2 aliphatic rings. The number of fused-ring (bicyclic) bond motifs is 1. The predicted molar refractivity (Wildman–Crippen MR) is 133 cm³/mol. The Morgan fingerprint density at radius 2 is 1.71 bits per heavy atom. The van der Waals surface area contributed by atoms with Gasteiger partial charge in [0.05, 0.1) is 6.61 Å². The fourth-order valence-corrected chi connectivity index (χ4v) is 5.00. The highest BCUT2D eigenvalue weighted by atomic mass is 35.5. The van der Waals surface area contributed by atoms with Crippen LogP contribution in [-0.4, -0.2) is 62.5 Å². The van der Waals surface area contributed by atoms with Gasteiger partial charge in [0.15, 0.2) is 6.10 Å². The summed E-state index contributed by atoms with van der Waals surface area (Å²) in [5.74, 6) is 2.03. The van der Waals surface area contributed by atoms with Crippen molar-refractivity contribution in [3.63, 3.8) is 0 Å². The lowest BCUT2D eigenvalue weighted by atomic mass is 10.1. The van der Waals surface area contributed by atoms with Crippen molar-refractivity contribution in [2.45, 2.75) is 39.0 Å². The fraction of sp³-hybridized carbons (Fsp3) is 0.519. The molecule has 7 heteroatoms. The maximum Gasteiger partial charge on any atom is 0.335 e. The second kappa shape index (κ2) is 12.0. The van der Waals surface area contributed by atoms with Crippen molar-refractivity contribution >= 4 is 17.6 Å². The normalized spacial score (nSPS) is 22.3. The first kappa shape index (κ1) is 25.0. The van der Waals surface area contributed by atoms with Crippen LogP contribution in [0.2, 0.25) is 5.02 Å². The van der Waals surface area contributed by atoms with Gasteiger partial charge in [-0.15, -0.1) is 0 Å². The van der Waals surface area contributed by atoms with Gasteiger partial charge in [-0.2, -0.15) is 0 Å². The molecule has 1 N–H and O–H groups in total. The number of likely N-dealkylation sites (tertiary alicyclic amines) is 1. The standard InChI is InChI=1S/C27H35ClN2O4/c1-3-32-25(27(31)33-4-2)15-19-7-11-22(12-8-19)34-14-13-29-26-23-17-30(18-24(23)26)16-20-5-9-21(28)10-6-20/h5-12,23-26,29H,3-4,13-18H2,1-2H3/t23-,24?,25+,26+/m0/s1. The van der Waals surface area contributed by atoms with E-state index in [9.17, 15) is 4.79 Å². The summed E-state index contributed by atoms with van der Waals surface area (Å²) < 4.78 is 16.6. The molecule has 1 aliphatic heterocycles. The van der Waals surface area contributed by atoms with Crippen LogP contribution in [-0.2, 0) is 27.2 Å². The van der Waals surface area contributed by atoms with E-state index in [1.54, 1.807) is 6.92 Å². The van der Waals surface area contributed by atoms with Gasteiger partial charge < -0.3 is 19.5 Å². The van der Waals surface area contributed by atoms with Crippen molar-refractivity contribution in [2.75, 3.05) is 39.5 Å². The number of nitrogens with zero attached hydrogens (tertiary/aromatic N) is 1. The molecule has 184 valence electrons. The molecule has 1 heterocycles. The first-order valence-corrected chi connectivity index (χ1v) is 12.6. The molecule has 0 radical (unpaired) electrons. The molecule has 1 saturated carbocycles. The average molecular weight is 487 g/mol. The van der Waals surface area contributed by atoms with Gasteiger partial charge in [0, 0.05) is 50.3 Å². The van der Waals surface area contributed by atoms with Crippen molar-refractivity contribution in [3.05, 3.63) is 64.7 Å². The Morgan fingerprint density at radius 1 is 1.03 bits per heavy atom. The monoisotopic (exact) mass is 486 g/mol. The van der Waals surface area contributed by atoms with Crippen LogP contribution in [0.25, 0.3) is 0 Å². The number of esters is 1. The number of ether oxygens (including phenoxy) is 3. The zero-order valence-corrected chi connectivity index (χ0v) is 20.8. The second-order valence-corrected chi connectivity index (χ2v) is 9.46. The molecule has 1 unspecified atom stereocenters. The van der Waals surface area contributed by atoms with Crippen LogP contribution in [0.5, 0.6) is 5.75 Å². The molecule has 2 aromatic carbocycles. The molecule has 34 heavy (non-hydrogen) atoms. The molecule has 1 saturated heterocycles. The van der Waals surface area contributed by atoms with E-state index in [4.69, 9.17) is 25.8 Å². The van der Waals surface area contributed by atoms with Crippen LogP contribution in [0.1, 0.15) is 25.0 Å². The van der Waals surface area contributed by atoms with Crippen molar-refractivity contribution in [1.82, 2.24) is 10.2 Å². The molecular weight excluding hydrogens is 452 g/mol. The van der Waals surface area contributed by atoms with Crippen molar-refractivity contribution in [2.24, 2.45) is 11.8 Å². The number of hydrogen-bond acceptors (Lipinski definition) is 6. The van der Waals surface area contributed by atoms with Gasteiger partial charge in [-0.25, -0.2) is 4.79 Å². The van der Waals surface area contributed by atoms with Gasteiger partial charge in [0.25, 0.3) is 0 Å². The minimum Gasteiger partial charge on any atom is -0.492 e. The third kappa shape index (κ3) is 6.72. The predicted octanol–water partition coefficient (Wildman–Crippen LogP) is 3.95. The van der Waals surface area contributed by atoms with Gasteiger partial charge in [-0.1, -0.05) is 35.9 Å². The fourth-order valence-electron chi connectivity index (χ4n) is 4.87. The Hall–Kier alpha value is -2.12. The lowest BCUT2D eigenvalue weighted by Crippen LogP contribution is -2.33. The molecule has 0 aromatic heterocycles. The Bertz CT molecular complexity index is 909.